The fourth-order valence-electron chi connectivity index (χ4n) is 3.01. The maximum absolute atomic E-state index is 11.7. The lowest BCUT2D eigenvalue weighted by atomic mass is 10.0. The standard InChI is InChI=1S/C21H44O3Si.2CH4/c1-5-6-7-8-9-10-11-12-13-14-15-16-17-18-19-20-21(22)24-25(3,4)23-2;;/h5-20H2,1-4H3;2*1H4. The smallest absolute Gasteiger partial charge is 0.394 e. The first-order valence-electron chi connectivity index (χ1n) is 10.8. The third-order valence-corrected chi connectivity index (χ3v) is 6.54. The highest BCUT2D eigenvalue weighted by Gasteiger charge is 2.27. The molecule has 0 bridgehead atoms. The predicted octanol–water partition coefficient (Wildman–Crippen LogP) is 8.41. The normalized spacial score (nSPS) is 10.8. The van der Waals surface area contributed by atoms with Crippen LogP contribution in [0.5, 0.6) is 0 Å². The van der Waals surface area contributed by atoms with Crippen LogP contribution in [0.2, 0.25) is 13.1 Å². The lowest BCUT2D eigenvalue weighted by molar-refractivity contribution is -0.136. The number of unbranched alkanes of at least 4 members (excludes halogenated alkanes) is 14. The summed E-state index contributed by atoms with van der Waals surface area (Å²) in [4.78, 5) is 11.7. The van der Waals surface area contributed by atoms with E-state index in [2.05, 4.69) is 6.92 Å². The second-order valence-electron chi connectivity index (χ2n) is 7.78. The Morgan fingerprint density at radius 1 is 0.667 bits per heavy atom. The molecule has 4 heteroatoms. The fraction of sp³-hybridized carbons (Fsp3) is 0.957. The highest BCUT2D eigenvalue weighted by atomic mass is 28.4. The second-order valence-corrected chi connectivity index (χ2v) is 11.2. The van der Waals surface area contributed by atoms with Crippen molar-refractivity contribution in [3.05, 3.63) is 0 Å². The molecule has 0 saturated carbocycles. The molecule has 0 radical (unpaired) electrons. The van der Waals surface area contributed by atoms with E-state index in [1.54, 1.807) is 7.11 Å². The largest absolute Gasteiger partial charge is 0.494 e. The minimum absolute atomic E-state index is 0. The van der Waals surface area contributed by atoms with Crippen molar-refractivity contribution in [3.63, 3.8) is 0 Å². The van der Waals surface area contributed by atoms with E-state index in [1.165, 1.54) is 83.5 Å². The van der Waals surface area contributed by atoms with Crippen molar-refractivity contribution >= 4 is 14.5 Å². The van der Waals surface area contributed by atoms with E-state index < -0.39 is 8.56 Å². The molecular weight excluding hydrogens is 352 g/mol. The molecule has 0 rings (SSSR count). The van der Waals surface area contributed by atoms with E-state index in [0.29, 0.717) is 6.42 Å². The van der Waals surface area contributed by atoms with Gasteiger partial charge < -0.3 is 8.85 Å². The zero-order chi connectivity index (χ0) is 18.8. The Labute approximate surface area is 173 Å². The van der Waals surface area contributed by atoms with Crippen LogP contribution in [-0.2, 0) is 13.6 Å². The SMILES string of the molecule is C.C.CCCCCCCCCCCCCCCCCC(=O)O[Si](C)(C)OC. The van der Waals surface area contributed by atoms with Gasteiger partial charge in [0.25, 0.3) is 5.97 Å². The number of carbonyl (C=O) groups excluding carboxylic acids is 1. The summed E-state index contributed by atoms with van der Waals surface area (Å²) in [5.74, 6) is -0.0896. The van der Waals surface area contributed by atoms with E-state index in [-0.39, 0.29) is 20.8 Å². The molecule has 0 saturated heterocycles. The average Bonchev–Trinajstić information content (AvgIpc) is 2.58. The van der Waals surface area contributed by atoms with Crippen molar-refractivity contribution in [2.24, 2.45) is 0 Å². The van der Waals surface area contributed by atoms with Gasteiger partial charge in [-0.15, -0.1) is 0 Å². The molecule has 0 spiro atoms. The summed E-state index contributed by atoms with van der Waals surface area (Å²) in [7, 11) is -0.581. The van der Waals surface area contributed by atoms with E-state index >= 15 is 0 Å². The number of hydrogen-bond donors (Lipinski definition) is 0. The Hall–Kier alpha value is -0.353. The maximum Gasteiger partial charge on any atom is 0.394 e. The minimum atomic E-state index is -2.20. The quantitative estimate of drug-likeness (QED) is 0.170. The molecule has 3 nitrogen and oxygen atoms in total. The Bertz CT molecular complexity index is 306. The van der Waals surface area contributed by atoms with E-state index in [9.17, 15) is 4.79 Å². The number of carbonyl (C=O) groups is 1. The van der Waals surface area contributed by atoms with Crippen LogP contribution in [-0.4, -0.2) is 21.6 Å². The van der Waals surface area contributed by atoms with Gasteiger partial charge in [0, 0.05) is 13.5 Å². The van der Waals surface area contributed by atoms with Crippen LogP contribution in [0.15, 0.2) is 0 Å². The average molecular weight is 405 g/mol. The Morgan fingerprint density at radius 2 is 1.00 bits per heavy atom. The van der Waals surface area contributed by atoms with Crippen LogP contribution in [0, 0.1) is 0 Å². The maximum atomic E-state index is 11.7. The van der Waals surface area contributed by atoms with Crippen LogP contribution in [0.1, 0.15) is 125 Å². The van der Waals surface area contributed by atoms with Crippen molar-refractivity contribution in [2.45, 2.75) is 138 Å². The van der Waals surface area contributed by atoms with Crippen LogP contribution in [0.25, 0.3) is 0 Å². The molecule has 166 valence electrons. The molecule has 0 fully saturated rings. The minimum Gasteiger partial charge on any atom is -0.494 e. The van der Waals surface area contributed by atoms with Crippen LogP contribution < -0.4 is 0 Å². The summed E-state index contributed by atoms with van der Waals surface area (Å²) in [6.45, 7) is 6.08. The van der Waals surface area contributed by atoms with Crippen LogP contribution >= 0.6 is 0 Å². The van der Waals surface area contributed by atoms with Gasteiger partial charge in [-0.05, 0) is 19.5 Å². The summed E-state index contributed by atoms with van der Waals surface area (Å²) in [5, 5.41) is 0. The molecule has 0 aromatic rings. The summed E-state index contributed by atoms with van der Waals surface area (Å²) in [6, 6.07) is 0. The van der Waals surface area contributed by atoms with Gasteiger partial charge in [0.1, 0.15) is 0 Å². The first-order valence-corrected chi connectivity index (χ1v) is 13.6. The van der Waals surface area contributed by atoms with Crippen LogP contribution in [0.4, 0.5) is 0 Å². The van der Waals surface area contributed by atoms with Gasteiger partial charge >= 0.3 is 8.56 Å². The zero-order valence-corrected chi connectivity index (χ0v) is 18.5. The van der Waals surface area contributed by atoms with Crippen molar-refractivity contribution in [3.8, 4) is 0 Å². The first kappa shape index (κ1) is 31.3. The predicted molar refractivity (Wildman–Crippen MR) is 124 cm³/mol. The topological polar surface area (TPSA) is 35.5 Å². The van der Waals surface area contributed by atoms with Gasteiger partial charge in [-0.1, -0.05) is 112 Å². The summed E-state index contributed by atoms with van der Waals surface area (Å²) >= 11 is 0. The highest BCUT2D eigenvalue weighted by molar-refractivity contribution is 6.66. The van der Waals surface area contributed by atoms with Crippen LogP contribution in [0.3, 0.4) is 0 Å². The molecular formula is C23H52O3Si. The van der Waals surface area contributed by atoms with E-state index in [4.69, 9.17) is 8.85 Å². The lowest BCUT2D eigenvalue weighted by Crippen LogP contribution is -2.35. The molecule has 0 aliphatic heterocycles. The van der Waals surface area contributed by atoms with Gasteiger partial charge in [0.05, 0.1) is 0 Å². The lowest BCUT2D eigenvalue weighted by Gasteiger charge is -2.19. The van der Waals surface area contributed by atoms with Gasteiger partial charge in [0.2, 0.25) is 0 Å². The third kappa shape index (κ3) is 23.6. The molecule has 0 heterocycles. The summed E-state index contributed by atoms with van der Waals surface area (Å²) in [6.07, 6.45) is 20.7. The van der Waals surface area contributed by atoms with Gasteiger partial charge in [-0.2, -0.15) is 0 Å². The van der Waals surface area contributed by atoms with E-state index in [1.807, 2.05) is 13.1 Å². The van der Waals surface area contributed by atoms with Crippen molar-refractivity contribution in [1.29, 1.82) is 0 Å². The molecule has 0 aliphatic rings. The Morgan fingerprint density at radius 3 is 1.33 bits per heavy atom. The molecule has 0 N–H and O–H groups in total. The molecule has 27 heavy (non-hydrogen) atoms. The zero-order valence-electron chi connectivity index (χ0n) is 17.5. The van der Waals surface area contributed by atoms with Crippen molar-refractivity contribution in [1.82, 2.24) is 0 Å². The summed E-state index contributed by atoms with van der Waals surface area (Å²) in [5.41, 5.74) is 0. The molecule has 0 unspecified atom stereocenters. The third-order valence-electron chi connectivity index (χ3n) is 4.84. The Kier molecular flexibility index (Phi) is 25.5. The molecule has 0 atom stereocenters. The number of hydrogen-bond acceptors (Lipinski definition) is 3. The molecule has 0 aliphatic carbocycles. The first-order chi connectivity index (χ1) is 12.0. The van der Waals surface area contributed by atoms with Gasteiger partial charge in [-0.25, -0.2) is 0 Å². The van der Waals surface area contributed by atoms with Crippen molar-refractivity contribution in [2.75, 3.05) is 7.11 Å². The highest BCUT2D eigenvalue weighted by Crippen LogP contribution is 2.14. The second kappa shape index (κ2) is 21.9. The Balaban J connectivity index is -0.00000288. The fourth-order valence-corrected chi connectivity index (χ4v) is 3.74. The molecule has 0 amide bonds. The van der Waals surface area contributed by atoms with Gasteiger partial charge in [-0.3, -0.25) is 4.79 Å². The number of rotatable bonds is 18. The van der Waals surface area contributed by atoms with Crippen molar-refractivity contribution < 1.29 is 13.6 Å². The monoisotopic (exact) mass is 404 g/mol. The molecule has 0 aromatic carbocycles. The van der Waals surface area contributed by atoms with E-state index in [0.717, 1.165) is 12.8 Å². The van der Waals surface area contributed by atoms with Gasteiger partial charge in [0.15, 0.2) is 0 Å². The molecule has 0 aromatic heterocycles. The summed E-state index contributed by atoms with van der Waals surface area (Å²) < 4.78 is 10.6.